The van der Waals surface area contributed by atoms with E-state index in [2.05, 4.69) is 48.5 Å². The van der Waals surface area contributed by atoms with Gasteiger partial charge in [0, 0.05) is 11.4 Å². The van der Waals surface area contributed by atoms with Gasteiger partial charge in [-0.2, -0.15) is 0 Å². The molecule has 0 aromatic carbocycles. The Kier molecular flexibility index (Phi) is 6.24. The third-order valence-corrected chi connectivity index (χ3v) is 5.45. The van der Waals surface area contributed by atoms with Crippen molar-refractivity contribution in [2.75, 3.05) is 6.54 Å². The Morgan fingerprint density at radius 3 is 2.67 bits per heavy atom. The Morgan fingerprint density at radius 2 is 2.10 bits per heavy atom. The summed E-state index contributed by atoms with van der Waals surface area (Å²) in [6.45, 7) is 7.50. The summed E-state index contributed by atoms with van der Waals surface area (Å²) in [5.74, 6) is 0.900. The molecule has 1 aliphatic heterocycles. The van der Waals surface area contributed by atoms with E-state index < -0.39 is 0 Å². The van der Waals surface area contributed by atoms with Crippen LogP contribution in [0, 0.1) is 5.92 Å². The van der Waals surface area contributed by atoms with Crippen LogP contribution in [-0.2, 0) is 4.79 Å². The minimum atomic E-state index is 0.00594. The number of nitrogens with one attached hydrogen (secondary N) is 1. The second kappa shape index (κ2) is 7.95. The van der Waals surface area contributed by atoms with Crippen molar-refractivity contribution >= 4 is 17.2 Å². The Bertz CT molecular complexity index is 428. The smallest absolute Gasteiger partial charge is 0.241 e. The maximum atomic E-state index is 12.8. The predicted octanol–water partition coefficient (Wildman–Crippen LogP) is 4.17. The maximum absolute atomic E-state index is 12.8. The van der Waals surface area contributed by atoms with Gasteiger partial charge in [0.1, 0.15) is 6.17 Å². The van der Waals surface area contributed by atoms with Crippen LogP contribution in [-0.4, -0.2) is 23.4 Å². The first-order chi connectivity index (χ1) is 10.2. The molecule has 21 heavy (non-hydrogen) atoms. The van der Waals surface area contributed by atoms with Crippen LogP contribution in [0.15, 0.2) is 17.5 Å². The molecule has 1 aliphatic rings. The van der Waals surface area contributed by atoms with Gasteiger partial charge in [0.05, 0.1) is 6.04 Å². The summed E-state index contributed by atoms with van der Waals surface area (Å²) in [6.07, 6.45) is 5.56. The van der Waals surface area contributed by atoms with Crippen molar-refractivity contribution in [3.05, 3.63) is 22.4 Å². The third-order valence-electron chi connectivity index (χ3n) is 4.52. The van der Waals surface area contributed by atoms with Gasteiger partial charge >= 0.3 is 0 Å². The molecule has 0 bridgehead atoms. The summed E-state index contributed by atoms with van der Waals surface area (Å²) in [6, 6.07) is 4.21. The van der Waals surface area contributed by atoms with E-state index in [4.69, 9.17) is 0 Å². The van der Waals surface area contributed by atoms with E-state index in [1.165, 1.54) is 4.88 Å². The summed E-state index contributed by atoms with van der Waals surface area (Å²) in [7, 11) is 0. The fourth-order valence-electron chi connectivity index (χ4n) is 3.00. The zero-order valence-corrected chi connectivity index (χ0v) is 14.3. The molecule has 0 spiro atoms. The van der Waals surface area contributed by atoms with E-state index in [-0.39, 0.29) is 12.2 Å². The molecule has 1 amide bonds. The summed E-state index contributed by atoms with van der Waals surface area (Å²) >= 11 is 1.74. The molecule has 0 saturated carbocycles. The molecule has 0 aliphatic carbocycles. The quantitative estimate of drug-likeness (QED) is 0.781. The van der Waals surface area contributed by atoms with Crippen LogP contribution in [0.1, 0.15) is 63.9 Å². The van der Waals surface area contributed by atoms with Crippen LogP contribution in [0.3, 0.4) is 0 Å². The number of thiophene rings is 1. The Hall–Kier alpha value is -0.870. The lowest BCUT2D eigenvalue weighted by Gasteiger charge is -2.27. The highest BCUT2D eigenvalue weighted by molar-refractivity contribution is 7.10. The molecule has 118 valence electrons. The molecular weight excluding hydrogens is 280 g/mol. The number of carbonyl (C=O) groups is 1. The van der Waals surface area contributed by atoms with E-state index >= 15 is 0 Å². The summed E-state index contributed by atoms with van der Waals surface area (Å²) in [5.41, 5.74) is 0. The lowest BCUT2D eigenvalue weighted by Crippen LogP contribution is -2.35. The molecule has 1 aromatic rings. The van der Waals surface area contributed by atoms with Gasteiger partial charge in [-0.3, -0.25) is 10.1 Å². The largest absolute Gasteiger partial charge is 0.320 e. The average Bonchev–Trinajstić information content (AvgIpc) is 3.12. The van der Waals surface area contributed by atoms with Crippen molar-refractivity contribution in [3.8, 4) is 0 Å². The molecule has 2 atom stereocenters. The highest BCUT2D eigenvalue weighted by Crippen LogP contribution is 2.31. The molecule has 2 unspecified atom stereocenters. The molecule has 1 saturated heterocycles. The van der Waals surface area contributed by atoms with E-state index in [1.807, 2.05) is 0 Å². The maximum Gasteiger partial charge on any atom is 0.241 e. The topological polar surface area (TPSA) is 32.3 Å². The molecule has 1 aromatic heterocycles. The number of unbranched alkanes of at least 4 members (excludes halogenated alkanes) is 1. The minimum Gasteiger partial charge on any atom is -0.320 e. The van der Waals surface area contributed by atoms with E-state index in [9.17, 15) is 4.79 Å². The Balaban J connectivity index is 2.13. The Morgan fingerprint density at radius 1 is 1.33 bits per heavy atom. The van der Waals surface area contributed by atoms with Crippen molar-refractivity contribution in [2.24, 2.45) is 5.92 Å². The van der Waals surface area contributed by atoms with E-state index in [1.54, 1.807) is 11.3 Å². The van der Waals surface area contributed by atoms with Crippen molar-refractivity contribution in [3.63, 3.8) is 0 Å². The SMILES string of the molecule is CCCCC1NC(c2cccs2)N(CC(CC)CC)C1=O. The van der Waals surface area contributed by atoms with Gasteiger partial charge in [-0.05, 0) is 23.8 Å². The van der Waals surface area contributed by atoms with Gasteiger partial charge in [-0.25, -0.2) is 0 Å². The first-order valence-corrected chi connectivity index (χ1v) is 9.19. The molecule has 4 heteroatoms. The van der Waals surface area contributed by atoms with Crippen LogP contribution in [0.25, 0.3) is 0 Å². The highest BCUT2D eigenvalue weighted by atomic mass is 32.1. The van der Waals surface area contributed by atoms with Crippen LogP contribution < -0.4 is 5.32 Å². The molecule has 2 heterocycles. The van der Waals surface area contributed by atoms with Gasteiger partial charge in [0.25, 0.3) is 0 Å². The number of rotatable bonds is 8. The first kappa shape index (κ1) is 16.5. The van der Waals surface area contributed by atoms with Crippen molar-refractivity contribution < 1.29 is 4.79 Å². The van der Waals surface area contributed by atoms with Gasteiger partial charge in [-0.1, -0.05) is 52.5 Å². The fraction of sp³-hybridized carbons (Fsp3) is 0.706. The van der Waals surface area contributed by atoms with E-state index in [0.717, 1.165) is 38.6 Å². The van der Waals surface area contributed by atoms with Crippen LogP contribution in [0.2, 0.25) is 0 Å². The molecular formula is C17H28N2OS. The highest BCUT2D eigenvalue weighted by Gasteiger charge is 2.39. The average molecular weight is 308 g/mol. The fourth-order valence-corrected chi connectivity index (χ4v) is 3.79. The van der Waals surface area contributed by atoms with Crippen LogP contribution in [0.5, 0.6) is 0 Å². The van der Waals surface area contributed by atoms with Crippen molar-refractivity contribution in [2.45, 2.75) is 65.1 Å². The predicted molar refractivity (Wildman–Crippen MR) is 89.3 cm³/mol. The lowest BCUT2D eigenvalue weighted by atomic mass is 10.0. The molecule has 2 rings (SSSR count). The van der Waals surface area contributed by atoms with Gasteiger partial charge < -0.3 is 4.90 Å². The zero-order valence-electron chi connectivity index (χ0n) is 13.5. The van der Waals surface area contributed by atoms with Crippen LogP contribution >= 0.6 is 11.3 Å². The number of amides is 1. The molecule has 1 N–H and O–H groups in total. The number of carbonyl (C=O) groups excluding carboxylic acids is 1. The second-order valence-electron chi connectivity index (χ2n) is 5.95. The number of hydrogen-bond acceptors (Lipinski definition) is 3. The molecule has 3 nitrogen and oxygen atoms in total. The molecule has 1 fully saturated rings. The normalized spacial score (nSPS) is 22.5. The van der Waals surface area contributed by atoms with Crippen molar-refractivity contribution in [1.29, 1.82) is 0 Å². The zero-order chi connectivity index (χ0) is 15.2. The third kappa shape index (κ3) is 3.86. The lowest BCUT2D eigenvalue weighted by molar-refractivity contribution is -0.130. The first-order valence-electron chi connectivity index (χ1n) is 8.31. The minimum absolute atomic E-state index is 0.00594. The summed E-state index contributed by atoms with van der Waals surface area (Å²) < 4.78 is 0. The second-order valence-corrected chi connectivity index (χ2v) is 6.93. The monoisotopic (exact) mass is 308 g/mol. The van der Waals surface area contributed by atoms with E-state index in [0.29, 0.717) is 11.8 Å². The number of nitrogens with zero attached hydrogens (tertiary/aromatic N) is 1. The standard InChI is InChI=1S/C17H28N2OS/c1-4-7-9-14-17(20)19(12-13(5-2)6-3)16(18-14)15-10-8-11-21-15/h8,10-11,13-14,16,18H,4-7,9,12H2,1-3H3. The molecule has 0 radical (unpaired) electrons. The summed E-state index contributed by atoms with van der Waals surface area (Å²) in [5, 5.41) is 5.66. The Labute approximate surface area is 132 Å². The van der Waals surface area contributed by atoms with Gasteiger partial charge in [0.2, 0.25) is 5.91 Å². The van der Waals surface area contributed by atoms with Gasteiger partial charge in [0.15, 0.2) is 0 Å². The van der Waals surface area contributed by atoms with Gasteiger partial charge in [-0.15, -0.1) is 11.3 Å². The summed E-state index contributed by atoms with van der Waals surface area (Å²) in [4.78, 5) is 16.1. The van der Waals surface area contributed by atoms with Crippen LogP contribution in [0.4, 0.5) is 0 Å². The van der Waals surface area contributed by atoms with Crippen molar-refractivity contribution in [1.82, 2.24) is 10.2 Å². The number of hydrogen-bond donors (Lipinski definition) is 1.